The van der Waals surface area contributed by atoms with Crippen LogP contribution in [-0.2, 0) is 25.3 Å². The van der Waals surface area contributed by atoms with Crippen LogP contribution in [0.3, 0.4) is 0 Å². The van der Waals surface area contributed by atoms with Gasteiger partial charge in [0.1, 0.15) is 0 Å². The SMILES string of the molecule is COC(=O)Cc1ccc(C)c(B2OC(C)(C)C(C)(C)O2)c1. The van der Waals surface area contributed by atoms with Gasteiger partial charge in [0, 0.05) is 0 Å². The van der Waals surface area contributed by atoms with E-state index in [1.807, 2.05) is 52.8 Å². The van der Waals surface area contributed by atoms with E-state index in [0.29, 0.717) is 0 Å². The Balaban J connectivity index is 2.28. The molecule has 1 fully saturated rings. The normalized spacial score (nSPS) is 19.6. The minimum absolute atomic E-state index is 0.251. The fourth-order valence-electron chi connectivity index (χ4n) is 2.26. The number of carbonyl (C=O) groups is 1. The molecule has 4 nitrogen and oxygen atoms in total. The first-order valence-corrected chi connectivity index (χ1v) is 7.18. The number of ether oxygens (including phenoxy) is 1. The third-order valence-corrected chi connectivity index (χ3v) is 4.43. The van der Waals surface area contributed by atoms with Crippen molar-refractivity contribution < 1.29 is 18.8 Å². The van der Waals surface area contributed by atoms with Crippen molar-refractivity contribution in [3.8, 4) is 0 Å². The van der Waals surface area contributed by atoms with Crippen LogP contribution in [0.25, 0.3) is 0 Å². The zero-order chi connectivity index (χ0) is 15.8. The number of hydrogen-bond donors (Lipinski definition) is 0. The molecule has 0 bridgehead atoms. The number of aryl methyl sites for hydroxylation is 1. The Hall–Kier alpha value is -1.33. The largest absolute Gasteiger partial charge is 0.495 e. The van der Waals surface area contributed by atoms with Crippen LogP contribution in [0, 0.1) is 6.92 Å². The summed E-state index contributed by atoms with van der Waals surface area (Å²) in [5.41, 5.74) is 2.21. The summed E-state index contributed by atoms with van der Waals surface area (Å²) in [7, 11) is 0.985. The molecule has 0 amide bonds. The first-order chi connectivity index (χ1) is 9.66. The van der Waals surface area contributed by atoms with Crippen molar-refractivity contribution in [1.29, 1.82) is 0 Å². The zero-order valence-corrected chi connectivity index (χ0v) is 13.6. The molecule has 1 aromatic rings. The maximum Gasteiger partial charge on any atom is 0.495 e. The molecule has 0 atom stereocenters. The Bertz CT molecular complexity index is 535. The molecular weight excluding hydrogens is 267 g/mol. The molecule has 2 rings (SSSR count). The van der Waals surface area contributed by atoms with Crippen molar-refractivity contribution in [3.63, 3.8) is 0 Å². The molecule has 1 saturated heterocycles. The molecule has 1 aliphatic rings. The summed E-state index contributed by atoms with van der Waals surface area (Å²) in [5, 5.41) is 0. The zero-order valence-electron chi connectivity index (χ0n) is 13.6. The molecule has 0 N–H and O–H groups in total. The quantitative estimate of drug-likeness (QED) is 0.631. The van der Waals surface area contributed by atoms with Crippen LogP contribution < -0.4 is 5.46 Å². The van der Waals surface area contributed by atoms with E-state index in [2.05, 4.69) is 0 Å². The molecule has 0 saturated carbocycles. The molecule has 21 heavy (non-hydrogen) atoms. The Morgan fingerprint density at radius 2 is 1.76 bits per heavy atom. The molecule has 0 aromatic heterocycles. The molecule has 0 spiro atoms. The second-order valence-electron chi connectivity index (χ2n) is 6.53. The van der Waals surface area contributed by atoms with Crippen LogP contribution >= 0.6 is 0 Å². The van der Waals surface area contributed by atoms with Crippen molar-refractivity contribution in [2.75, 3.05) is 7.11 Å². The first kappa shape index (κ1) is 16.1. The molecular formula is C16H23BO4. The van der Waals surface area contributed by atoms with E-state index in [9.17, 15) is 4.79 Å². The van der Waals surface area contributed by atoms with E-state index >= 15 is 0 Å². The monoisotopic (exact) mass is 290 g/mol. The van der Waals surface area contributed by atoms with Crippen molar-refractivity contribution in [2.24, 2.45) is 0 Å². The van der Waals surface area contributed by atoms with Gasteiger partial charge in [-0.05, 0) is 45.6 Å². The third kappa shape index (κ3) is 3.14. The van der Waals surface area contributed by atoms with Gasteiger partial charge in [-0.2, -0.15) is 0 Å². The number of methoxy groups -OCH3 is 1. The van der Waals surface area contributed by atoms with Gasteiger partial charge in [-0.15, -0.1) is 0 Å². The number of esters is 1. The molecule has 1 aromatic carbocycles. The number of rotatable bonds is 3. The Morgan fingerprint density at radius 3 is 2.29 bits per heavy atom. The van der Waals surface area contributed by atoms with Crippen LogP contribution in [0.1, 0.15) is 38.8 Å². The second-order valence-corrected chi connectivity index (χ2v) is 6.53. The van der Waals surface area contributed by atoms with Crippen molar-refractivity contribution >= 4 is 18.6 Å². The fourth-order valence-corrected chi connectivity index (χ4v) is 2.26. The molecule has 1 aliphatic heterocycles. The summed E-state index contributed by atoms with van der Waals surface area (Å²) in [5.74, 6) is -0.251. The summed E-state index contributed by atoms with van der Waals surface area (Å²) >= 11 is 0. The smallest absolute Gasteiger partial charge is 0.469 e. The Morgan fingerprint density at radius 1 is 1.19 bits per heavy atom. The lowest BCUT2D eigenvalue weighted by Gasteiger charge is -2.32. The highest BCUT2D eigenvalue weighted by Crippen LogP contribution is 2.36. The Kier molecular flexibility index (Phi) is 4.18. The average Bonchev–Trinajstić information content (AvgIpc) is 2.60. The van der Waals surface area contributed by atoms with Gasteiger partial charge in [0.05, 0.1) is 24.7 Å². The fraction of sp³-hybridized carbons (Fsp3) is 0.562. The summed E-state index contributed by atoms with van der Waals surface area (Å²) < 4.78 is 16.9. The predicted octanol–water partition coefficient (Wildman–Crippen LogP) is 2.01. The summed E-state index contributed by atoms with van der Waals surface area (Å²) in [6, 6.07) is 5.88. The van der Waals surface area contributed by atoms with Gasteiger partial charge in [0.25, 0.3) is 0 Å². The van der Waals surface area contributed by atoms with Gasteiger partial charge in [-0.1, -0.05) is 23.8 Å². The van der Waals surface area contributed by atoms with Gasteiger partial charge in [-0.25, -0.2) is 0 Å². The van der Waals surface area contributed by atoms with Crippen LogP contribution in [0.2, 0.25) is 0 Å². The highest BCUT2D eigenvalue weighted by atomic mass is 16.7. The van der Waals surface area contributed by atoms with Crippen LogP contribution in [0.15, 0.2) is 18.2 Å². The van der Waals surface area contributed by atoms with E-state index in [1.54, 1.807) is 0 Å². The second kappa shape index (κ2) is 5.46. The van der Waals surface area contributed by atoms with E-state index in [-0.39, 0.29) is 23.6 Å². The minimum Gasteiger partial charge on any atom is -0.469 e. The lowest BCUT2D eigenvalue weighted by Crippen LogP contribution is -2.41. The lowest BCUT2D eigenvalue weighted by atomic mass is 9.75. The summed E-state index contributed by atoms with van der Waals surface area (Å²) in [6.07, 6.45) is 0.253. The van der Waals surface area contributed by atoms with Crippen LogP contribution in [0.4, 0.5) is 0 Å². The minimum atomic E-state index is -0.410. The number of benzene rings is 1. The van der Waals surface area contributed by atoms with Crippen molar-refractivity contribution in [3.05, 3.63) is 29.3 Å². The van der Waals surface area contributed by atoms with Gasteiger partial charge in [-0.3, -0.25) is 4.79 Å². The molecule has 1 heterocycles. The predicted molar refractivity (Wildman–Crippen MR) is 82.6 cm³/mol. The summed E-state index contributed by atoms with van der Waals surface area (Å²) in [4.78, 5) is 11.4. The highest BCUT2D eigenvalue weighted by molar-refractivity contribution is 6.62. The average molecular weight is 290 g/mol. The molecule has 5 heteroatoms. The highest BCUT2D eigenvalue weighted by Gasteiger charge is 2.52. The van der Waals surface area contributed by atoms with Crippen LogP contribution in [0.5, 0.6) is 0 Å². The van der Waals surface area contributed by atoms with Gasteiger partial charge in [0.15, 0.2) is 0 Å². The topological polar surface area (TPSA) is 44.8 Å². The molecule has 0 aliphatic carbocycles. The van der Waals surface area contributed by atoms with Gasteiger partial charge < -0.3 is 14.0 Å². The van der Waals surface area contributed by atoms with Crippen molar-refractivity contribution in [1.82, 2.24) is 0 Å². The number of carbonyl (C=O) groups excluding carboxylic acids is 1. The van der Waals surface area contributed by atoms with E-state index in [1.165, 1.54) is 7.11 Å². The lowest BCUT2D eigenvalue weighted by molar-refractivity contribution is -0.139. The van der Waals surface area contributed by atoms with Gasteiger partial charge in [0.2, 0.25) is 0 Å². The maximum atomic E-state index is 11.4. The van der Waals surface area contributed by atoms with Crippen molar-refractivity contribution in [2.45, 2.75) is 52.2 Å². The van der Waals surface area contributed by atoms with Gasteiger partial charge >= 0.3 is 13.1 Å². The third-order valence-electron chi connectivity index (χ3n) is 4.43. The first-order valence-electron chi connectivity index (χ1n) is 7.18. The van der Waals surface area contributed by atoms with E-state index < -0.39 is 7.12 Å². The van der Waals surface area contributed by atoms with E-state index in [4.69, 9.17) is 14.0 Å². The maximum absolute atomic E-state index is 11.4. The Labute approximate surface area is 126 Å². The molecule has 0 unspecified atom stereocenters. The molecule has 114 valence electrons. The van der Waals surface area contributed by atoms with E-state index in [0.717, 1.165) is 16.6 Å². The molecule has 0 radical (unpaired) electrons. The number of hydrogen-bond acceptors (Lipinski definition) is 4. The summed E-state index contributed by atoms with van der Waals surface area (Å²) in [6.45, 7) is 10.1. The standard InChI is InChI=1S/C16H23BO4/c1-11-7-8-12(10-14(18)19-6)9-13(11)17-20-15(2,3)16(4,5)21-17/h7-9H,10H2,1-6H3. The van der Waals surface area contributed by atoms with Crippen LogP contribution in [-0.4, -0.2) is 31.4 Å².